The number of likely N-dealkylation sites (tertiary alicyclic amines) is 1. The summed E-state index contributed by atoms with van der Waals surface area (Å²) in [6, 6.07) is 3.93. The molecule has 0 bridgehead atoms. The van der Waals surface area contributed by atoms with Crippen LogP contribution >= 0.6 is 0 Å². The summed E-state index contributed by atoms with van der Waals surface area (Å²) >= 11 is 0. The molecule has 1 aliphatic rings. The minimum Gasteiger partial charge on any atom is -0.493 e. The second-order valence-corrected chi connectivity index (χ2v) is 8.69. The number of hydrogen-bond donors (Lipinski definition) is 1. The standard InChI is InChI=1S/C26H36N2O5/c1-4-31-23-20-11-16-32-24(20)26(30-3)25(33-17-15-28-12-6-5-7-13-28)22(23)21(29)9-8-19-10-14-27(2)18-19/h10-11,14,16,18,21,29H,4-9,12-13,15,17H2,1-3H3. The highest BCUT2D eigenvalue weighted by atomic mass is 16.5. The molecule has 3 aromatic rings. The number of hydrogen-bond acceptors (Lipinski definition) is 6. The van der Waals surface area contributed by atoms with Gasteiger partial charge >= 0.3 is 0 Å². The third-order valence-electron chi connectivity index (χ3n) is 6.34. The fourth-order valence-electron chi connectivity index (χ4n) is 4.69. The predicted octanol–water partition coefficient (Wildman–Crippen LogP) is 4.71. The molecule has 1 saturated heterocycles. The lowest BCUT2D eigenvalue weighted by molar-refractivity contribution is 0.148. The highest BCUT2D eigenvalue weighted by Crippen LogP contribution is 2.49. The van der Waals surface area contributed by atoms with Crippen molar-refractivity contribution in [2.24, 2.45) is 7.05 Å². The van der Waals surface area contributed by atoms with E-state index < -0.39 is 6.10 Å². The molecule has 3 heterocycles. The number of aromatic nitrogens is 1. The summed E-state index contributed by atoms with van der Waals surface area (Å²) in [7, 11) is 3.61. The Hall–Kier alpha value is -2.64. The van der Waals surface area contributed by atoms with Crippen LogP contribution in [-0.2, 0) is 13.5 Å². The van der Waals surface area contributed by atoms with Gasteiger partial charge in [-0.3, -0.25) is 4.90 Å². The molecular weight excluding hydrogens is 420 g/mol. The number of aryl methyl sites for hydroxylation is 2. The van der Waals surface area contributed by atoms with Crippen LogP contribution in [-0.4, -0.2) is 54.5 Å². The number of fused-ring (bicyclic) bond motifs is 1. The molecule has 0 radical (unpaired) electrons. The summed E-state index contributed by atoms with van der Waals surface area (Å²) in [6.07, 6.45) is 9.99. The zero-order valence-corrected chi connectivity index (χ0v) is 20.0. The number of ether oxygens (including phenoxy) is 3. The van der Waals surface area contributed by atoms with E-state index in [1.165, 1.54) is 24.8 Å². The van der Waals surface area contributed by atoms with Crippen LogP contribution in [0.25, 0.3) is 11.0 Å². The molecule has 7 heteroatoms. The maximum Gasteiger partial charge on any atom is 0.205 e. The Kier molecular flexibility index (Phi) is 7.83. The van der Waals surface area contributed by atoms with E-state index in [2.05, 4.69) is 17.2 Å². The van der Waals surface area contributed by atoms with Gasteiger partial charge in [-0.05, 0) is 63.4 Å². The molecule has 1 fully saturated rings. The van der Waals surface area contributed by atoms with Gasteiger partial charge in [0.2, 0.25) is 5.75 Å². The van der Waals surface area contributed by atoms with Gasteiger partial charge in [-0.2, -0.15) is 0 Å². The fourth-order valence-corrected chi connectivity index (χ4v) is 4.69. The molecule has 1 unspecified atom stereocenters. The van der Waals surface area contributed by atoms with Gasteiger partial charge < -0.3 is 28.3 Å². The number of nitrogens with zero attached hydrogens (tertiary/aromatic N) is 2. The Bertz CT molecular complexity index is 1030. The molecule has 2 aromatic heterocycles. The highest BCUT2D eigenvalue weighted by Gasteiger charge is 2.29. The summed E-state index contributed by atoms with van der Waals surface area (Å²) in [4.78, 5) is 2.43. The van der Waals surface area contributed by atoms with Crippen molar-refractivity contribution in [3.8, 4) is 17.2 Å². The Labute approximate surface area is 195 Å². The van der Waals surface area contributed by atoms with E-state index in [0.717, 1.165) is 31.4 Å². The number of aliphatic hydroxyl groups is 1. The van der Waals surface area contributed by atoms with Gasteiger partial charge in [-0.25, -0.2) is 0 Å². The van der Waals surface area contributed by atoms with Gasteiger partial charge in [0.05, 0.1) is 37.0 Å². The summed E-state index contributed by atoms with van der Waals surface area (Å²) in [5, 5.41) is 12.2. The molecule has 0 saturated carbocycles. The molecule has 1 aromatic carbocycles. The quantitative estimate of drug-likeness (QED) is 0.451. The van der Waals surface area contributed by atoms with Crippen LogP contribution in [0.1, 0.15) is 49.8 Å². The Morgan fingerprint density at radius 1 is 1.09 bits per heavy atom. The van der Waals surface area contributed by atoms with Crippen LogP contribution in [0.5, 0.6) is 17.2 Å². The first-order chi connectivity index (χ1) is 16.1. The minimum atomic E-state index is -0.773. The SMILES string of the molecule is CCOc1c(C(O)CCc2ccn(C)c2)c(OCCN2CCCCC2)c(OC)c2occc12. The second kappa shape index (κ2) is 11.0. The molecule has 1 N–H and O–H groups in total. The first kappa shape index (κ1) is 23.5. The van der Waals surface area contributed by atoms with Crippen LogP contribution in [0.15, 0.2) is 35.2 Å². The summed E-state index contributed by atoms with van der Waals surface area (Å²) < 4.78 is 25.9. The molecule has 0 aliphatic carbocycles. The first-order valence-electron chi connectivity index (χ1n) is 12.0. The van der Waals surface area contributed by atoms with Gasteiger partial charge in [0, 0.05) is 26.0 Å². The number of piperidine rings is 1. The van der Waals surface area contributed by atoms with E-state index in [1.807, 2.05) is 30.8 Å². The lowest BCUT2D eigenvalue weighted by Crippen LogP contribution is -2.33. The number of methoxy groups -OCH3 is 1. The van der Waals surface area contributed by atoms with Crippen molar-refractivity contribution in [2.75, 3.05) is 40.0 Å². The van der Waals surface area contributed by atoms with Crippen molar-refractivity contribution in [3.05, 3.63) is 41.9 Å². The summed E-state index contributed by atoms with van der Waals surface area (Å²) in [5.41, 5.74) is 2.39. The zero-order chi connectivity index (χ0) is 23.2. The average Bonchev–Trinajstić information content (AvgIpc) is 3.47. The van der Waals surface area contributed by atoms with Crippen molar-refractivity contribution < 1.29 is 23.7 Å². The van der Waals surface area contributed by atoms with Crippen molar-refractivity contribution in [2.45, 2.75) is 45.1 Å². The smallest absolute Gasteiger partial charge is 0.205 e. The van der Waals surface area contributed by atoms with E-state index in [9.17, 15) is 5.11 Å². The average molecular weight is 457 g/mol. The predicted molar refractivity (Wildman–Crippen MR) is 128 cm³/mol. The van der Waals surface area contributed by atoms with E-state index in [4.69, 9.17) is 18.6 Å². The maximum absolute atomic E-state index is 11.4. The van der Waals surface area contributed by atoms with Gasteiger partial charge in [-0.1, -0.05) is 6.42 Å². The third-order valence-corrected chi connectivity index (χ3v) is 6.34. The minimum absolute atomic E-state index is 0.470. The number of furan rings is 1. The van der Waals surface area contributed by atoms with E-state index in [-0.39, 0.29) is 0 Å². The van der Waals surface area contributed by atoms with Crippen molar-refractivity contribution in [1.29, 1.82) is 0 Å². The molecule has 0 amide bonds. The van der Waals surface area contributed by atoms with Gasteiger partial charge in [0.1, 0.15) is 12.4 Å². The van der Waals surface area contributed by atoms with Gasteiger partial charge in [0.15, 0.2) is 11.3 Å². The molecule has 1 aliphatic heterocycles. The summed E-state index contributed by atoms with van der Waals surface area (Å²) in [5.74, 6) is 1.63. The van der Waals surface area contributed by atoms with Crippen molar-refractivity contribution in [3.63, 3.8) is 0 Å². The lowest BCUT2D eigenvalue weighted by atomic mass is 9.98. The lowest BCUT2D eigenvalue weighted by Gasteiger charge is -2.27. The number of rotatable bonds is 11. The van der Waals surface area contributed by atoms with Crippen LogP contribution < -0.4 is 14.2 Å². The van der Waals surface area contributed by atoms with Crippen molar-refractivity contribution in [1.82, 2.24) is 9.47 Å². The van der Waals surface area contributed by atoms with E-state index in [1.54, 1.807) is 13.4 Å². The number of aliphatic hydroxyl groups excluding tert-OH is 1. The van der Waals surface area contributed by atoms with Crippen molar-refractivity contribution >= 4 is 11.0 Å². The Morgan fingerprint density at radius 3 is 2.61 bits per heavy atom. The molecule has 7 nitrogen and oxygen atoms in total. The molecule has 0 spiro atoms. The third kappa shape index (κ3) is 5.31. The van der Waals surface area contributed by atoms with Crippen LogP contribution in [0.2, 0.25) is 0 Å². The maximum atomic E-state index is 11.4. The Balaban J connectivity index is 1.65. The largest absolute Gasteiger partial charge is 0.493 e. The van der Waals surface area contributed by atoms with Crippen LogP contribution in [0, 0.1) is 0 Å². The number of benzene rings is 1. The van der Waals surface area contributed by atoms with Gasteiger partial charge in [0.25, 0.3) is 0 Å². The topological polar surface area (TPSA) is 69.2 Å². The monoisotopic (exact) mass is 456 g/mol. The van der Waals surface area contributed by atoms with Gasteiger partial charge in [-0.15, -0.1) is 0 Å². The molecule has 33 heavy (non-hydrogen) atoms. The van der Waals surface area contributed by atoms with Crippen LogP contribution in [0.4, 0.5) is 0 Å². The highest BCUT2D eigenvalue weighted by molar-refractivity contribution is 5.93. The first-order valence-corrected chi connectivity index (χ1v) is 12.0. The van der Waals surface area contributed by atoms with E-state index >= 15 is 0 Å². The molecular formula is C26H36N2O5. The molecule has 180 valence electrons. The molecule has 1 atom stereocenters. The fraction of sp³-hybridized carbons (Fsp3) is 0.538. The normalized spacial score (nSPS) is 15.6. The van der Waals surface area contributed by atoms with E-state index in [0.29, 0.717) is 48.0 Å². The van der Waals surface area contributed by atoms with Crippen LogP contribution in [0.3, 0.4) is 0 Å². The second-order valence-electron chi connectivity index (χ2n) is 8.69. The molecule has 4 rings (SSSR count). The zero-order valence-electron chi connectivity index (χ0n) is 20.0. The Morgan fingerprint density at radius 2 is 1.91 bits per heavy atom. The summed E-state index contributed by atoms with van der Waals surface area (Å²) in [6.45, 7) is 5.96.